The summed E-state index contributed by atoms with van der Waals surface area (Å²) < 4.78 is 0. The van der Waals surface area contributed by atoms with E-state index >= 15 is 0 Å². The summed E-state index contributed by atoms with van der Waals surface area (Å²) in [7, 11) is 0. The first-order valence-electron chi connectivity index (χ1n) is 3.78. The van der Waals surface area contributed by atoms with E-state index in [-0.39, 0.29) is 6.42 Å². The summed E-state index contributed by atoms with van der Waals surface area (Å²) in [5.74, 6) is -0.858. The quantitative estimate of drug-likeness (QED) is 0.727. The molecule has 4 heteroatoms. The highest BCUT2D eigenvalue weighted by Crippen LogP contribution is 2.10. The van der Waals surface area contributed by atoms with Gasteiger partial charge in [-0.3, -0.25) is 9.78 Å². The zero-order valence-corrected chi connectivity index (χ0v) is 6.97. The number of carbonyl (C=O) groups is 1. The Morgan fingerprint density at radius 3 is 3.08 bits per heavy atom. The van der Waals surface area contributed by atoms with Crippen molar-refractivity contribution in [3.63, 3.8) is 0 Å². The summed E-state index contributed by atoms with van der Waals surface area (Å²) in [6.07, 6.45) is 6.36. The SMILES string of the molecule is Nc1cnccc1C=CCC(=O)O. The predicted octanol–water partition coefficient (Wildman–Crippen LogP) is 1.15. The van der Waals surface area contributed by atoms with Crippen molar-refractivity contribution in [3.8, 4) is 0 Å². The van der Waals surface area contributed by atoms with Crippen molar-refractivity contribution in [2.24, 2.45) is 0 Å². The minimum Gasteiger partial charge on any atom is -0.481 e. The maximum absolute atomic E-state index is 10.2. The van der Waals surface area contributed by atoms with Crippen LogP contribution in [0.1, 0.15) is 12.0 Å². The van der Waals surface area contributed by atoms with Gasteiger partial charge in [0, 0.05) is 11.8 Å². The smallest absolute Gasteiger partial charge is 0.307 e. The van der Waals surface area contributed by atoms with Gasteiger partial charge in [-0.2, -0.15) is 0 Å². The van der Waals surface area contributed by atoms with Gasteiger partial charge in [0.05, 0.1) is 18.3 Å². The molecule has 4 nitrogen and oxygen atoms in total. The molecule has 68 valence electrons. The van der Waals surface area contributed by atoms with Crippen LogP contribution in [0.2, 0.25) is 0 Å². The molecule has 0 aliphatic rings. The number of hydrogen-bond donors (Lipinski definition) is 2. The molecule has 0 aliphatic carbocycles. The second kappa shape index (κ2) is 4.25. The molecule has 0 aromatic carbocycles. The molecule has 0 bridgehead atoms. The number of aliphatic carboxylic acids is 1. The van der Waals surface area contributed by atoms with Crippen LogP contribution in [-0.4, -0.2) is 16.1 Å². The molecule has 0 atom stereocenters. The van der Waals surface area contributed by atoms with Gasteiger partial charge >= 0.3 is 5.97 Å². The molecule has 13 heavy (non-hydrogen) atoms. The number of aromatic nitrogens is 1. The number of nitrogens with two attached hydrogens (primary N) is 1. The Balaban J connectivity index is 2.68. The number of hydrogen-bond acceptors (Lipinski definition) is 3. The summed E-state index contributed by atoms with van der Waals surface area (Å²) in [6.45, 7) is 0. The molecule has 0 amide bonds. The molecule has 0 saturated carbocycles. The van der Waals surface area contributed by atoms with E-state index in [2.05, 4.69) is 4.98 Å². The highest BCUT2D eigenvalue weighted by Gasteiger charge is 1.93. The number of nitrogen functional groups attached to an aromatic ring is 1. The molecular formula is C9H10N2O2. The summed E-state index contributed by atoms with van der Waals surface area (Å²) in [6, 6.07) is 1.73. The Labute approximate surface area is 75.7 Å². The fourth-order valence-corrected chi connectivity index (χ4v) is 0.856. The average molecular weight is 178 g/mol. The number of pyridine rings is 1. The summed E-state index contributed by atoms with van der Waals surface area (Å²) in [5, 5.41) is 8.37. The van der Waals surface area contributed by atoms with Gasteiger partial charge in [0.15, 0.2) is 0 Å². The zero-order chi connectivity index (χ0) is 9.68. The molecule has 1 heterocycles. The predicted molar refractivity (Wildman–Crippen MR) is 49.9 cm³/mol. The van der Waals surface area contributed by atoms with Crippen LogP contribution < -0.4 is 5.73 Å². The Kier molecular flexibility index (Phi) is 3.03. The molecule has 0 radical (unpaired) electrons. The van der Waals surface area contributed by atoms with E-state index in [9.17, 15) is 4.79 Å². The first-order chi connectivity index (χ1) is 6.20. The molecule has 3 N–H and O–H groups in total. The maximum atomic E-state index is 10.2. The van der Waals surface area contributed by atoms with Gasteiger partial charge in [-0.05, 0) is 6.07 Å². The summed E-state index contributed by atoms with van der Waals surface area (Å²) >= 11 is 0. The van der Waals surface area contributed by atoms with Crippen molar-refractivity contribution in [3.05, 3.63) is 30.1 Å². The van der Waals surface area contributed by atoms with Gasteiger partial charge in [0.25, 0.3) is 0 Å². The van der Waals surface area contributed by atoms with E-state index in [1.807, 2.05) is 0 Å². The van der Waals surface area contributed by atoms with Crippen LogP contribution in [0, 0.1) is 0 Å². The van der Waals surface area contributed by atoms with Gasteiger partial charge in [-0.15, -0.1) is 0 Å². The van der Waals surface area contributed by atoms with Gasteiger partial charge in [0.2, 0.25) is 0 Å². The van der Waals surface area contributed by atoms with Crippen LogP contribution in [0.4, 0.5) is 5.69 Å². The molecule has 0 aliphatic heterocycles. The van der Waals surface area contributed by atoms with E-state index in [0.717, 1.165) is 5.56 Å². The van der Waals surface area contributed by atoms with Crippen LogP contribution >= 0.6 is 0 Å². The highest BCUT2D eigenvalue weighted by molar-refractivity contribution is 5.71. The molecule has 1 aromatic rings. The third kappa shape index (κ3) is 2.94. The van der Waals surface area contributed by atoms with Crippen molar-refractivity contribution in [2.75, 3.05) is 5.73 Å². The van der Waals surface area contributed by atoms with Crippen LogP contribution in [0.15, 0.2) is 24.5 Å². The molecule has 0 unspecified atom stereocenters. The van der Waals surface area contributed by atoms with Crippen LogP contribution in [0.3, 0.4) is 0 Å². The van der Waals surface area contributed by atoms with Crippen LogP contribution in [0.25, 0.3) is 6.08 Å². The molecule has 1 aromatic heterocycles. The van der Waals surface area contributed by atoms with Gasteiger partial charge < -0.3 is 10.8 Å². The number of anilines is 1. The lowest BCUT2D eigenvalue weighted by atomic mass is 10.2. The summed E-state index contributed by atoms with van der Waals surface area (Å²) in [5.41, 5.74) is 6.91. The Morgan fingerprint density at radius 2 is 2.46 bits per heavy atom. The van der Waals surface area contributed by atoms with Crippen molar-refractivity contribution >= 4 is 17.7 Å². The number of carboxylic acids is 1. The number of carboxylic acid groups (broad SMARTS) is 1. The van der Waals surface area contributed by atoms with Crippen molar-refractivity contribution in [1.82, 2.24) is 4.98 Å². The number of nitrogens with zero attached hydrogens (tertiary/aromatic N) is 1. The van der Waals surface area contributed by atoms with E-state index in [4.69, 9.17) is 10.8 Å². The lowest BCUT2D eigenvalue weighted by Crippen LogP contribution is -1.91. The van der Waals surface area contributed by atoms with Crippen LogP contribution in [-0.2, 0) is 4.79 Å². The van der Waals surface area contributed by atoms with Gasteiger partial charge in [0.1, 0.15) is 0 Å². The molecule has 0 spiro atoms. The monoisotopic (exact) mass is 178 g/mol. The molecule has 0 saturated heterocycles. The first kappa shape index (κ1) is 9.25. The maximum Gasteiger partial charge on any atom is 0.307 e. The van der Waals surface area contributed by atoms with E-state index in [0.29, 0.717) is 5.69 Å². The zero-order valence-electron chi connectivity index (χ0n) is 6.97. The van der Waals surface area contributed by atoms with Crippen molar-refractivity contribution in [1.29, 1.82) is 0 Å². The second-order valence-electron chi connectivity index (χ2n) is 2.50. The third-order valence-electron chi connectivity index (χ3n) is 1.48. The minimum absolute atomic E-state index is 0.00175. The normalized spacial score (nSPS) is 10.5. The van der Waals surface area contributed by atoms with Crippen LogP contribution in [0.5, 0.6) is 0 Å². The number of rotatable bonds is 3. The van der Waals surface area contributed by atoms with E-state index < -0.39 is 5.97 Å². The lowest BCUT2D eigenvalue weighted by molar-refractivity contribution is -0.135. The molecule has 1 rings (SSSR count). The third-order valence-corrected chi connectivity index (χ3v) is 1.48. The topological polar surface area (TPSA) is 76.2 Å². The average Bonchev–Trinajstić information content (AvgIpc) is 2.08. The standard InChI is InChI=1S/C9H10N2O2/c10-8-6-11-5-4-7(8)2-1-3-9(12)13/h1-2,4-6H,3,10H2,(H,12,13). The van der Waals surface area contributed by atoms with Crippen molar-refractivity contribution < 1.29 is 9.90 Å². The fraction of sp³-hybridized carbons (Fsp3) is 0.111. The Morgan fingerprint density at radius 1 is 1.69 bits per heavy atom. The molecule has 0 fully saturated rings. The Bertz CT molecular complexity index is 334. The van der Waals surface area contributed by atoms with E-state index in [1.54, 1.807) is 24.4 Å². The summed E-state index contributed by atoms with van der Waals surface area (Å²) in [4.78, 5) is 14.0. The van der Waals surface area contributed by atoms with Gasteiger partial charge in [-0.25, -0.2) is 0 Å². The Hall–Kier alpha value is -1.84. The fourth-order valence-electron chi connectivity index (χ4n) is 0.856. The largest absolute Gasteiger partial charge is 0.481 e. The van der Waals surface area contributed by atoms with Crippen molar-refractivity contribution in [2.45, 2.75) is 6.42 Å². The highest BCUT2D eigenvalue weighted by atomic mass is 16.4. The molecular weight excluding hydrogens is 168 g/mol. The second-order valence-corrected chi connectivity index (χ2v) is 2.50. The first-order valence-corrected chi connectivity index (χ1v) is 3.78. The minimum atomic E-state index is -0.858. The van der Waals surface area contributed by atoms with Gasteiger partial charge in [-0.1, -0.05) is 12.2 Å². The lowest BCUT2D eigenvalue weighted by Gasteiger charge is -1.96. The van der Waals surface area contributed by atoms with E-state index in [1.165, 1.54) is 6.20 Å².